The van der Waals surface area contributed by atoms with Gasteiger partial charge < -0.3 is 15.2 Å². The molecule has 7 nitrogen and oxygen atoms in total. The highest BCUT2D eigenvalue weighted by Crippen LogP contribution is 2.17. The highest BCUT2D eigenvalue weighted by molar-refractivity contribution is 5.33. The van der Waals surface area contributed by atoms with E-state index in [1.807, 2.05) is 0 Å². The molecule has 0 saturated carbocycles. The maximum atomic E-state index is 10.6. The maximum absolute atomic E-state index is 10.6. The van der Waals surface area contributed by atoms with Crippen LogP contribution in [0.15, 0.2) is 24.3 Å². The smallest absolute Gasteiger partial charge is 0.269 e. The van der Waals surface area contributed by atoms with Gasteiger partial charge in [-0.05, 0) is 37.2 Å². The fourth-order valence-corrected chi connectivity index (χ4v) is 2.43. The molecule has 0 bridgehead atoms. The van der Waals surface area contributed by atoms with E-state index in [4.69, 9.17) is 4.74 Å². The molecule has 1 aliphatic heterocycles. The van der Waals surface area contributed by atoms with Gasteiger partial charge in [0.1, 0.15) is 0 Å². The van der Waals surface area contributed by atoms with E-state index < -0.39 is 11.0 Å². The molecule has 1 heterocycles. The zero-order valence-electron chi connectivity index (χ0n) is 12.6. The Labute approximate surface area is 130 Å². The quantitative estimate of drug-likeness (QED) is 0.422. The lowest BCUT2D eigenvalue weighted by Crippen LogP contribution is -2.37. The predicted octanol–water partition coefficient (Wildman–Crippen LogP) is 0.940. The molecule has 1 aromatic carbocycles. The van der Waals surface area contributed by atoms with Crippen molar-refractivity contribution in [3.05, 3.63) is 39.9 Å². The van der Waals surface area contributed by atoms with Crippen molar-refractivity contribution in [1.29, 1.82) is 0 Å². The molecular formula is C15H23N3O4. The molecular weight excluding hydrogens is 286 g/mol. The zero-order chi connectivity index (χ0) is 15.8. The second-order valence-corrected chi connectivity index (χ2v) is 5.38. The average molecular weight is 309 g/mol. The summed E-state index contributed by atoms with van der Waals surface area (Å²) in [6.45, 7) is 5.92. The molecule has 7 heteroatoms. The lowest BCUT2D eigenvalue weighted by Gasteiger charge is -2.26. The van der Waals surface area contributed by atoms with E-state index in [1.54, 1.807) is 12.1 Å². The Hall–Kier alpha value is -1.54. The van der Waals surface area contributed by atoms with Crippen molar-refractivity contribution >= 4 is 5.69 Å². The highest BCUT2D eigenvalue weighted by atomic mass is 16.6. The second kappa shape index (κ2) is 8.79. The molecule has 0 amide bonds. The molecule has 22 heavy (non-hydrogen) atoms. The van der Waals surface area contributed by atoms with Gasteiger partial charge in [0.2, 0.25) is 0 Å². The summed E-state index contributed by atoms with van der Waals surface area (Å²) in [5, 5.41) is 23.8. The number of nitrogens with one attached hydrogen (secondary N) is 1. The molecule has 0 aromatic heterocycles. The van der Waals surface area contributed by atoms with Gasteiger partial charge in [-0.2, -0.15) is 0 Å². The first-order valence-electron chi connectivity index (χ1n) is 7.60. The number of hydrogen-bond acceptors (Lipinski definition) is 6. The van der Waals surface area contributed by atoms with Crippen LogP contribution in [0.1, 0.15) is 18.1 Å². The number of nitro groups is 1. The molecule has 1 aliphatic rings. The van der Waals surface area contributed by atoms with Crippen LogP contribution in [0, 0.1) is 10.1 Å². The fourth-order valence-electron chi connectivity index (χ4n) is 2.43. The Morgan fingerprint density at radius 3 is 2.64 bits per heavy atom. The van der Waals surface area contributed by atoms with Crippen molar-refractivity contribution in [1.82, 2.24) is 10.2 Å². The minimum absolute atomic E-state index is 0.0365. The van der Waals surface area contributed by atoms with E-state index in [1.165, 1.54) is 12.1 Å². The standard InChI is InChI=1S/C15H23N3O4/c19-15(13-2-4-14(5-3-13)18(20)21)12-16-6-1-7-17-8-10-22-11-9-17/h2-5,15-16,19H,1,6-12H2/t15-/m0/s1. The van der Waals surface area contributed by atoms with Crippen LogP contribution in [0.2, 0.25) is 0 Å². The van der Waals surface area contributed by atoms with Gasteiger partial charge in [-0.25, -0.2) is 0 Å². The van der Waals surface area contributed by atoms with Crippen molar-refractivity contribution in [3.8, 4) is 0 Å². The van der Waals surface area contributed by atoms with Crippen molar-refractivity contribution in [2.24, 2.45) is 0 Å². The third kappa shape index (κ3) is 5.34. The number of aliphatic hydroxyl groups excluding tert-OH is 1. The van der Waals surface area contributed by atoms with Crippen LogP contribution in [-0.4, -0.2) is 60.9 Å². The summed E-state index contributed by atoms with van der Waals surface area (Å²) in [6, 6.07) is 6.02. The largest absolute Gasteiger partial charge is 0.387 e. The van der Waals surface area contributed by atoms with E-state index in [0.717, 1.165) is 45.8 Å². The number of nitrogens with zero attached hydrogens (tertiary/aromatic N) is 2. The van der Waals surface area contributed by atoms with E-state index in [2.05, 4.69) is 10.2 Å². The Morgan fingerprint density at radius 1 is 1.32 bits per heavy atom. The van der Waals surface area contributed by atoms with Crippen LogP contribution in [0.3, 0.4) is 0 Å². The number of hydrogen-bond donors (Lipinski definition) is 2. The highest BCUT2D eigenvalue weighted by Gasteiger charge is 2.11. The summed E-state index contributed by atoms with van der Waals surface area (Å²) < 4.78 is 5.30. The Morgan fingerprint density at radius 2 is 2.00 bits per heavy atom. The van der Waals surface area contributed by atoms with Gasteiger partial charge >= 0.3 is 0 Å². The topological polar surface area (TPSA) is 87.9 Å². The lowest BCUT2D eigenvalue weighted by molar-refractivity contribution is -0.384. The predicted molar refractivity (Wildman–Crippen MR) is 82.8 cm³/mol. The molecule has 1 fully saturated rings. The van der Waals surface area contributed by atoms with E-state index in [-0.39, 0.29) is 5.69 Å². The van der Waals surface area contributed by atoms with Crippen LogP contribution in [0.4, 0.5) is 5.69 Å². The average Bonchev–Trinajstić information content (AvgIpc) is 2.55. The first-order chi connectivity index (χ1) is 10.7. The van der Waals surface area contributed by atoms with Gasteiger partial charge in [-0.1, -0.05) is 0 Å². The molecule has 0 aliphatic carbocycles. The normalized spacial score (nSPS) is 17.3. The Kier molecular flexibility index (Phi) is 6.73. The van der Waals surface area contributed by atoms with Crippen LogP contribution < -0.4 is 5.32 Å². The summed E-state index contributed by atoms with van der Waals surface area (Å²) >= 11 is 0. The summed E-state index contributed by atoms with van der Waals surface area (Å²) in [7, 11) is 0. The fraction of sp³-hybridized carbons (Fsp3) is 0.600. The Bertz CT molecular complexity index is 460. The molecule has 1 aromatic rings. The molecule has 0 radical (unpaired) electrons. The third-order valence-electron chi connectivity index (χ3n) is 3.76. The first-order valence-corrected chi connectivity index (χ1v) is 7.60. The van der Waals surface area contributed by atoms with Crippen molar-refractivity contribution in [2.45, 2.75) is 12.5 Å². The van der Waals surface area contributed by atoms with Gasteiger partial charge in [0.05, 0.1) is 24.2 Å². The summed E-state index contributed by atoms with van der Waals surface area (Å²) in [5.74, 6) is 0. The number of rotatable bonds is 8. The van der Waals surface area contributed by atoms with Gasteiger partial charge in [0, 0.05) is 31.8 Å². The summed E-state index contributed by atoms with van der Waals surface area (Å²) in [6.07, 6.45) is 0.372. The number of ether oxygens (including phenoxy) is 1. The number of aliphatic hydroxyl groups is 1. The van der Waals surface area contributed by atoms with Crippen molar-refractivity contribution in [2.75, 3.05) is 45.9 Å². The molecule has 1 atom stereocenters. The monoisotopic (exact) mass is 309 g/mol. The third-order valence-corrected chi connectivity index (χ3v) is 3.76. The first kappa shape index (κ1) is 16.8. The van der Waals surface area contributed by atoms with Crippen LogP contribution in [-0.2, 0) is 4.74 Å². The number of morpholine rings is 1. The second-order valence-electron chi connectivity index (χ2n) is 5.38. The molecule has 2 rings (SSSR count). The van der Waals surface area contributed by atoms with Gasteiger partial charge in [0.25, 0.3) is 5.69 Å². The van der Waals surface area contributed by atoms with Crippen LogP contribution in [0.25, 0.3) is 0 Å². The summed E-state index contributed by atoms with van der Waals surface area (Å²) in [4.78, 5) is 12.5. The van der Waals surface area contributed by atoms with Gasteiger partial charge in [0.15, 0.2) is 0 Å². The van der Waals surface area contributed by atoms with Gasteiger partial charge in [-0.3, -0.25) is 15.0 Å². The van der Waals surface area contributed by atoms with E-state index >= 15 is 0 Å². The lowest BCUT2D eigenvalue weighted by atomic mass is 10.1. The Balaban J connectivity index is 1.62. The molecule has 1 saturated heterocycles. The molecule has 0 spiro atoms. The van der Waals surface area contributed by atoms with E-state index in [0.29, 0.717) is 12.1 Å². The van der Waals surface area contributed by atoms with Crippen LogP contribution in [0.5, 0.6) is 0 Å². The maximum Gasteiger partial charge on any atom is 0.269 e. The minimum Gasteiger partial charge on any atom is -0.387 e. The zero-order valence-corrected chi connectivity index (χ0v) is 12.6. The number of non-ortho nitro benzene ring substituents is 1. The van der Waals surface area contributed by atoms with Crippen molar-refractivity contribution in [3.63, 3.8) is 0 Å². The van der Waals surface area contributed by atoms with Crippen molar-refractivity contribution < 1.29 is 14.8 Å². The SMILES string of the molecule is O=[N+]([O-])c1ccc([C@@H](O)CNCCCN2CCOCC2)cc1. The van der Waals surface area contributed by atoms with E-state index in [9.17, 15) is 15.2 Å². The summed E-state index contributed by atoms with van der Waals surface area (Å²) in [5.41, 5.74) is 0.723. The van der Waals surface area contributed by atoms with Crippen LogP contribution >= 0.6 is 0 Å². The number of benzene rings is 1. The number of nitro benzene ring substituents is 1. The molecule has 122 valence electrons. The molecule has 0 unspecified atom stereocenters. The van der Waals surface area contributed by atoms with Gasteiger partial charge in [-0.15, -0.1) is 0 Å². The molecule has 2 N–H and O–H groups in total. The minimum atomic E-state index is -0.649.